The lowest BCUT2D eigenvalue weighted by Crippen LogP contribution is -2.52. The molecular weight excluding hydrogens is 782 g/mol. The van der Waals surface area contributed by atoms with E-state index in [2.05, 4.69) is 30.6 Å². The van der Waals surface area contributed by atoms with Gasteiger partial charge in [-0.3, -0.25) is 24.4 Å². The van der Waals surface area contributed by atoms with Gasteiger partial charge in [0.1, 0.15) is 23.5 Å². The summed E-state index contributed by atoms with van der Waals surface area (Å²) < 4.78 is 79.4. The first-order valence-electron chi connectivity index (χ1n) is 19.8. The monoisotopic (exact) mass is 828 g/mol. The van der Waals surface area contributed by atoms with Crippen molar-refractivity contribution < 1.29 is 40.7 Å². The standard InChI is InChI=1S/C38H47F3N10O6S/c1-47-22-25(19-43-47)34-30(38(39,40)41)20-42-37(46-34)44-26-9-17-50(18-10-26)58(55,56)49-15-7-24(8-16-49)21-48-13-11-27(12-14-48)57-32-4-2-3-28-29(32)23-51(36(28)54)31-5-6-33(52)45-35(31)53/h2-4,19-20,22,24,26-27,31H,5-18,21,23H2,1H3,(H,42,44,46)(H,45,52,53). The number of aryl methyl sites for hydroxylation is 1. The third-order valence-corrected chi connectivity index (χ3v) is 14.0. The highest BCUT2D eigenvalue weighted by Gasteiger charge is 2.41. The summed E-state index contributed by atoms with van der Waals surface area (Å²) in [6.07, 6.45) is 3.40. The number of nitrogens with zero attached hydrogens (tertiary/aromatic N) is 8. The Balaban J connectivity index is 0.777. The van der Waals surface area contributed by atoms with E-state index < -0.39 is 33.9 Å². The van der Waals surface area contributed by atoms with E-state index >= 15 is 0 Å². The predicted molar refractivity (Wildman–Crippen MR) is 203 cm³/mol. The van der Waals surface area contributed by atoms with E-state index in [9.17, 15) is 36.0 Å². The van der Waals surface area contributed by atoms with Gasteiger partial charge in [-0.1, -0.05) is 6.07 Å². The van der Waals surface area contributed by atoms with E-state index in [1.54, 1.807) is 23.5 Å². The van der Waals surface area contributed by atoms with E-state index in [1.165, 1.54) is 26.3 Å². The van der Waals surface area contributed by atoms with Crippen LogP contribution in [0.3, 0.4) is 0 Å². The number of amides is 3. The van der Waals surface area contributed by atoms with Crippen molar-refractivity contribution in [3.8, 4) is 17.0 Å². The molecule has 8 rings (SSSR count). The Morgan fingerprint density at radius 2 is 1.64 bits per heavy atom. The van der Waals surface area contributed by atoms with Crippen LogP contribution in [-0.4, -0.2) is 128 Å². The lowest BCUT2D eigenvalue weighted by molar-refractivity contribution is -0.138. The highest BCUT2D eigenvalue weighted by atomic mass is 32.2. The van der Waals surface area contributed by atoms with E-state index in [0.29, 0.717) is 49.6 Å². The topological polar surface area (TPSA) is 175 Å². The minimum Gasteiger partial charge on any atom is -0.490 e. The van der Waals surface area contributed by atoms with Gasteiger partial charge in [-0.05, 0) is 63.0 Å². The smallest absolute Gasteiger partial charge is 0.419 e. The zero-order valence-corrected chi connectivity index (χ0v) is 33.0. The first kappa shape index (κ1) is 40.1. The summed E-state index contributed by atoms with van der Waals surface area (Å²) >= 11 is 0. The van der Waals surface area contributed by atoms with Gasteiger partial charge in [0.15, 0.2) is 0 Å². The normalized spacial score (nSPS) is 22.7. The number of halogens is 3. The van der Waals surface area contributed by atoms with Crippen molar-refractivity contribution in [3.63, 3.8) is 0 Å². The molecule has 4 saturated heterocycles. The van der Waals surface area contributed by atoms with Gasteiger partial charge in [0, 0.05) is 94.4 Å². The molecule has 0 radical (unpaired) electrons. The van der Waals surface area contributed by atoms with E-state index in [4.69, 9.17) is 4.74 Å². The van der Waals surface area contributed by atoms with Crippen LogP contribution >= 0.6 is 0 Å². The first-order chi connectivity index (χ1) is 27.7. The molecule has 7 heterocycles. The average molecular weight is 829 g/mol. The average Bonchev–Trinajstić information content (AvgIpc) is 3.78. The number of nitrogens with one attached hydrogen (secondary N) is 2. The number of benzene rings is 1. The minimum absolute atomic E-state index is 0.0272. The van der Waals surface area contributed by atoms with Crippen LogP contribution in [0.5, 0.6) is 5.75 Å². The Labute approximate surface area is 334 Å². The molecule has 3 amide bonds. The Morgan fingerprint density at radius 1 is 0.931 bits per heavy atom. The molecule has 1 atom stereocenters. The molecule has 5 aliphatic rings. The van der Waals surface area contributed by atoms with Gasteiger partial charge in [-0.25, -0.2) is 9.97 Å². The zero-order chi connectivity index (χ0) is 40.8. The van der Waals surface area contributed by atoms with Crippen LogP contribution in [0.25, 0.3) is 11.3 Å². The van der Waals surface area contributed by atoms with E-state index in [0.717, 1.165) is 57.1 Å². The van der Waals surface area contributed by atoms with Crippen LogP contribution in [0.4, 0.5) is 19.1 Å². The Morgan fingerprint density at radius 3 is 2.29 bits per heavy atom. The third-order valence-electron chi connectivity index (χ3n) is 12.0. The molecule has 3 aromatic rings. The van der Waals surface area contributed by atoms with Crippen molar-refractivity contribution in [2.45, 2.75) is 82.3 Å². The number of hydrogen-bond donors (Lipinski definition) is 2. The van der Waals surface area contributed by atoms with E-state index in [-0.39, 0.29) is 67.2 Å². The first-order valence-corrected chi connectivity index (χ1v) is 21.2. The Bertz CT molecular complexity index is 2150. The predicted octanol–water partition coefficient (Wildman–Crippen LogP) is 3.03. The number of carbonyl (C=O) groups excluding carboxylic acids is 3. The summed E-state index contributed by atoms with van der Waals surface area (Å²) in [4.78, 5) is 49.4. The van der Waals surface area contributed by atoms with Crippen molar-refractivity contribution in [1.82, 2.24) is 43.5 Å². The third kappa shape index (κ3) is 8.42. The second-order valence-electron chi connectivity index (χ2n) is 15.8. The number of aromatic nitrogens is 4. The summed E-state index contributed by atoms with van der Waals surface area (Å²) in [6.45, 7) is 4.23. The Kier molecular flexibility index (Phi) is 11.2. The number of piperidine rings is 4. The summed E-state index contributed by atoms with van der Waals surface area (Å²) in [5.41, 5.74) is 0.285. The molecule has 2 N–H and O–H groups in total. The molecule has 0 saturated carbocycles. The number of hydrogen-bond acceptors (Lipinski definition) is 11. The van der Waals surface area contributed by atoms with Gasteiger partial charge < -0.3 is 19.9 Å². The molecule has 58 heavy (non-hydrogen) atoms. The molecule has 0 aliphatic carbocycles. The molecule has 1 unspecified atom stereocenters. The van der Waals surface area contributed by atoms with Crippen LogP contribution in [0.2, 0.25) is 0 Å². The van der Waals surface area contributed by atoms with Gasteiger partial charge in [0.05, 0.1) is 18.4 Å². The summed E-state index contributed by atoms with van der Waals surface area (Å²) in [5, 5.41) is 9.43. The van der Waals surface area contributed by atoms with Gasteiger partial charge in [0.25, 0.3) is 16.1 Å². The highest BCUT2D eigenvalue weighted by molar-refractivity contribution is 7.86. The van der Waals surface area contributed by atoms with Crippen LogP contribution in [0.1, 0.15) is 72.9 Å². The second-order valence-corrected chi connectivity index (χ2v) is 17.8. The maximum atomic E-state index is 13.7. The molecule has 0 bridgehead atoms. The molecule has 1 aromatic carbocycles. The molecule has 5 aliphatic heterocycles. The largest absolute Gasteiger partial charge is 0.490 e. The van der Waals surface area contributed by atoms with Crippen molar-refractivity contribution >= 4 is 33.9 Å². The Hall–Kier alpha value is -4.66. The number of imide groups is 1. The number of anilines is 1. The summed E-state index contributed by atoms with van der Waals surface area (Å²) in [6, 6.07) is 4.52. The van der Waals surface area contributed by atoms with Gasteiger partial charge in [0.2, 0.25) is 17.8 Å². The van der Waals surface area contributed by atoms with Crippen molar-refractivity contribution in [1.29, 1.82) is 0 Å². The van der Waals surface area contributed by atoms with Gasteiger partial charge in [-0.2, -0.15) is 35.3 Å². The molecule has 312 valence electrons. The van der Waals surface area contributed by atoms with Crippen molar-refractivity contribution in [2.24, 2.45) is 13.0 Å². The second kappa shape index (κ2) is 16.2. The fourth-order valence-corrected chi connectivity index (χ4v) is 10.4. The molecule has 20 heteroatoms. The fourth-order valence-electron chi connectivity index (χ4n) is 8.74. The number of rotatable bonds is 10. The number of likely N-dealkylation sites (tertiary alicyclic amines) is 1. The summed E-state index contributed by atoms with van der Waals surface area (Å²) in [5.74, 6) is 0.0599. The number of alkyl halides is 3. The molecule has 4 fully saturated rings. The fraction of sp³-hybridized carbons (Fsp3) is 0.579. The number of ether oxygens (including phenoxy) is 1. The van der Waals surface area contributed by atoms with Gasteiger partial charge in [-0.15, -0.1) is 0 Å². The molecule has 16 nitrogen and oxygen atoms in total. The zero-order valence-electron chi connectivity index (χ0n) is 32.2. The maximum Gasteiger partial charge on any atom is 0.419 e. The highest BCUT2D eigenvalue weighted by Crippen LogP contribution is 2.37. The SMILES string of the molecule is Cn1cc(-c2nc(NC3CCN(S(=O)(=O)N4CCC(CN5CCC(Oc6cccc7c6CN(C6CCC(=O)NC6=O)C7=O)CC5)CC4)CC3)ncc2C(F)(F)F)cn1. The molecule has 2 aromatic heterocycles. The number of fused-ring (bicyclic) bond motifs is 1. The summed E-state index contributed by atoms with van der Waals surface area (Å²) in [7, 11) is -2.07. The lowest BCUT2D eigenvalue weighted by Gasteiger charge is -2.39. The van der Waals surface area contributed by atoms with Crippen LogP contribution in [-0.2, 0) is 39.6 Å². The van der Waals surface area contributed by atoms with Gasteiger partial charge >= 0.3 is 6.18 Å². The minimum atomic E-state index is -4.64. The lowest BCUT2D eigenvalue weighted by atomic mass is 9.96. The van der Waals surface area contributed by atoms with Crippen LogP contribution in [0.15, 0.2) is 36.8 Å². The van der Waals surface area contributed by atoms with Crippen LogP contribution in [0, 0.1) is 5.92 Å². The van der Waals surface area contributed by atoms with Crippen LogP contribution < -0.4 is 15.4 Å². The van der Waals surface area contributed by atoms with Crippen molar-refractivity contribution in [3.05, 3.63) is 53.5 Å². The maximum absolute atomic E-state index is 13.7. The molecule has 0 spiro atoms. The number of carbonyl (C=O) groups is 3. The quantitative estimate of drug-likeness (QED) is 0.288. The molecular formula is C38H47F3N10O6S. The van der Waals surface area contributed by atoms with E-state index in [1.807, 2.05) is 6.07 Å². The van der Waals surface area contributed by atoms with Crippen molar-refractivity contribution in [2.75, 3.05) is 51.1 Å².